The molecule has 0 bridgehead atoms. The molecule has 2 atom stereocenters. The summed E-state index contributed by atoms with van der Waals surface area (Å²) in [6, 6.07) is 0. The summed E-state index contributed by atoms with van der Waals surface area (Å²) in [7, 11) is 0. The van der Waals surface area contributed by atoms with Crippen LogP contribution in [-0.2, 0) is 10.3 Å². The maximum Gasteiger partial charge on any atom is 0.225 e. The minimum absolute atomic E-state index is 0.0182. The van der Waals surface area contributed by atoms with E-state index in [-0.39, 0.29) is 17.2 Å². The van der Waals surface area contributed by atoms with Crippen molar-refractivity contribution in [1.82, 2.24) is 15.5 Å². The summed E-state index contributed by atoms with van der Waals surface area (Å²) < 4.78 is 5.19. The second-order valence-electron chi connectivity index (χ2n) is 8.34. The molecule has 5 heteroatoms. The van der Waals surface area contributed by atoms with E-state index in [0.29, 0.717) is 17.6 Å². The first kappa shape index (κ1) is 17.2. The molecule has 2 saturated carbocycles. The monoisotopic (exact) mass is 331 g/mol. The Morgan fingerprint density at radius 2 is 1.92 bits per heavy atom. The standard InChI is InChI=1S/C19H29N3O2/c1-12(2)11-14-15(18(14,4)5)16(23)21-19(9-7-6-8-10-19)17-20-13(3)24-22-17/h11,14-15H,6-10H2,1-5H3,(H,21,23)/t14-,15-/m0/s1. The lowest BCUT2D eigenvalue weighted by molar-refractivity contribution is -0.125. The molecule has 1 N–H and O–H groups in total. The topological polar surface area (TPSA) is 68.0 Å². The maximum absolute atomic E-state index is 13.0. The molecule has 2 fully saturated rings. The minimum Gasteiger partial charge on any atom is -0.343 e. The number of aryl methyl sites for hydroxylation is 1. The quantitative estimate of drug-likeness (QED) is 0.850. The van der Waals surface area contributed by atoms with E-state index < -0.39 is 5.54 Å². The van der Waals surface area contributed by atoms with Gasteiger partial charge in [-0.15, -0.1) is 0 Å². The average Bonchev–Trinajstić information content (AvgIpc) is 2.83. The third kappa shape index (κ3) is 3.01. The molecular weight excluding hydrogens is 302 g/mol. The van der Waals surface area contributed by atoms with Gasteiger partial charge in [-0.05, 0) is 38.0 Å². The van der Waals surface area contributed by atoms with Gasteiger partial charge in [0.25, 0.3) is 0 Å². The predicted molar refractivity (Wildman–Crippen MR) is 92.1 cm³/mol. The van der Waals surface area contributed by atoms with Crippen LogP contribution in [0.4, 0.5) is 0 Å². The molecule has 1 aromatic heterocycles. The second kappa shape index (κ2) is 6.01. The highest BCUT2D eigenvalue weighted by Crippen LogP contribution is 2.59. The number of allylic oxidation sites excluding steroid dienone is 2. The molecule has 24 heavy (non-hydrogen) atoms. The zero-order valence-corrected chi connectivity index (χ0v) is 15.5. The molecule has 2 aliphatic rings. The molecule has 1 amide bonds. The fraction of sp³-hybridized carbons (Fsp3) is 0.737. The third-order valence-corrected chi connectivity index (χ3v) is 5.73. The highest BCUT2D eigenvalue weighted by Gasteiger charge is 2.61. The van der Waals surface area contributed by atoms with Crippen molar-refractivity contribution in [1.29, 1.82) is 0 Å². The van der Waals surface area contributed by atoms with Crippen LogP contribution in [-0.4, -0.2) is 16.0 Å². The number of hydrogen-bond acceptors (Lipinski definition) is 4. The zero-order chi connectivity index (χ0) is 17.5. The van der Waals surface area contributed by atoms with Crippen LogP contribution in [0, 0.1) is 24.2 Å². The van der Waals surface area contributed by atoms with Crippen molar-refractivity contribution >= 4 is 5.91 Å². The molecular formula is C19H29N3O2. The molecule has 1 heterocycles. The third-order valence-electron chi connectivity index (χ3n) is 5.73. The van der Waals surface area contributed by atoms with Crippen molar-refractivity contribution in [3.05, 3.63) is 23.4 Å². The zero-order valence-electron chi connectivity index (χ0n) is 15.5. The number of nitrogens with one attached hydrogen (secondary N) is 1. The molecule has 1 aromatic rings. The number of nitrogens with zero attached hydrogens (tertiary/aromatic N) is 2. The van der Waals surface area contributed by atoms with Crippen LogP contribution in [0.2, 0.25) is 0 Å². The Hall–Kier alpha value is -1.65. The summed E-state index contributed by atoms with van der Waals surface area (Å²) >= 11 is 0. The fourth-order valence-corrected chi connectivity index (χ4v) is 4.22. The van der Waals surface area contributed by atoms with Gasteiger partial charge in [-0.3, -0.25) is 4.79 Å². The van der Waals surface area contributed by atoms with Gasteiger partial charge in [0, 0.05) is 6.92 Å². The fourth-order valence-electron chi connectivity index (χ4n) is 4.22. The molecule has 132 valence electrons. The number of carbonyl (C=O) groups is 1. The van der Waals surface area contributed by atoms with Crippen LogP contribution in [0.25, 0.3) is 0 Å². The highest BCUT2D eigenvalue weighted by atomic mass is 16.5. The highest BCUT2D eigenvalue weighted by molar-refractivity contribution is 5.84. The van der Waals surface area contributed by atoms with Gasteiger partial charge in [0.1, 0.15) is 5.54 Å². The largest absolute Gasteiger partial charge is 0.343 e. The molecule has 0 radical (unpaired) electrons. The van der Waals surface area contributed by atoms with Gasteiger partial charge in [0.05, 0.1) is 5.92 Å². The number of carbonyl (C=O) groups excluding carboxylic acids is 1. The first-order valence-corrected chi connectivity index (χ1v) is 9.04. The van der Waals surface area contributed by atoms with Crippen molar-refractivity contribution in [3.8, 4) is 0 Å². The Morgan fingerprint density at radius 1 is 1.25 bits per heavy atom. The lowest BCUT2D eigenvalue weighted by atomic mass is 9.80. The summed E-state index contributed by atoms with van der Waals surface area (Å²) in [6.07, 6.45) is 7.37. The summed E-state index contributed by atoms with van der Waals surface area (Å²) in [4.78, 5) is 17.5. The maximum atomic E-state index is 13.0. The summed E-state index contributed by atoms with van der Waals surface area (Å²) in [6.45, 7) is 10.3. The van der Waals surface area contributed by atoms with Crippen molar-refractivity contribution in [2.75, 3.05) is 0 Å². The Balaban J connectivity index is 1.81. The number of aromatic nitrogens is 2. The second-order valence-corrected chi connectivity index (χ2v) is 8.34. The van der Waals surface area contributed by atoms with Crippen LogP contribution >= 0.6 is 0 Å². The van der Waals surface area contributed by atoms with E-state index in [1.165, 1.54) is 12.0 Å². The van der Waals surface area contributed by atoms with Gasteiger partial charge in [-0.25, -0.2) is 0 Å². The Labute approximate surface area is 144 Å². The molecule has 0 aliphatic heterocycles. The molecule has 0 spiro atoms. The van der Waals surface area contributed by atoms with Crippen LogP contribution < -0.4 is 5.32 Å². The summed E-state index contributed by atoms with van der Waals surface area (Å²) in [5.41, 5.74) is 0.829. The van der Waals surface area contributed by atoms with E-state index >= 15 is 0 Å². The normalized spacial score (nSPS) is 27.4. The lowest BCUT2D eigenvalue weighted by Gasteiger charge is -2.35. The van der Waals surface area contributed by atoms with E-state index in [0.717, 1.165) is 25.7 Å². The number of amides is 1. The van der Waals surface area contributed by atoms with Gasteiger partial charge in [-0.2, -0.15) is 4.98 Å². The molecule has 5 nitrogen and oxygen atoms in total. The number of hydrogen-bond donors (Lipinski definition) is 1. The van der Waals surface area contributed by atoms with Gasteiger partial charge >= 0.3 is 0 Å². The van der Waals surface area contributed by atoms with Gasteiger partial charge in [0.15, 0.2) is 5.82 Å². The van der Waals surface area contributed by atoms with Crippen LogP contribution in [0.1, 0.15) is 71.5 Å². The lowest BCUT2D eigenvalue weighted by Crippen LogP contribution is -2.49. The van der Waals surface area contributed by atoms with Crippen molar-refractivity contribution in [2.45, 2.75) is 72.3 Å². The Kier molecular flexibility index (Phi) is 4.30. The van der Waals surface area contributed by atoms with Crippen molar-refractivity contribution < 1.29 is 9.32 Å². The van der Waals surface area contributed by atoms with Gasteiger partial charge in [0.2, 0.25) is 11.8 Å². The first-order chi connectivity index (χ1) is 11.3. The van der Waals surface area contributed by atoms with E-state index in [9.17, 15) is 4.79 Å². The summed E-state index contributed by atoms with van der Waals surface area (Å²) in [5, 5.41) is 7.47. The van der Waals surface area contributed by atoms with Gasteiger partial charge < -0.3 is 9.84 Å². The molecule has 3 rings (SSSR count). The van der Waals surface area contributed by atoms with Crippen LogP contribution in [0.15, 0.2) is 16.2 Å². The number of rotatable bonds is 4. The predicted octanol–water partition coefficient (Wildman–Crippen LogP) is 3.89. The smallest absolute Gasteiger partial charge is 0.225 e. The van der Waals surface area contributed by atoms with Crippen LogP contribution in [0.3, 0.4) is 0 Å². The van der Waals surface area contributed by atoms with E-state index in [2.05, 4.69) is 49.2 Å². The van der Waals surface area contributed by atoms with Crippen molar-refractivity contribution in [3.63, 3.8) is 0 Å². The average molecular weight is 331 g/mol. The van der Waals surface area contributed by atoms with Crippen molar-refractivity contribution in [2.24, 2.45) is 17.3 Å². The summed E-state index contributed by atoms with van der Waals surface area (Å²) in [5.74, 6) is 1.67. The van der Waals surface area contributed by atoms with E-state index in [1.807, 2.05) is 0 Å². The first-order valence-electron chi connectivity index (χ1n) is 9.04. The SMILES string of the molecule is CC(C)=C[C@H]1[C@@H](C(=O)NC2(c3noc(C)n3)CCCCC2)C1(C)C. The molecule has 0 unspecified atom stereocenters. The van der Waals surface area contributed by atoms with E-state index in [1.54, 1.807) is 6.92 Å². The Bertz CT molecular complexity index is 649. The van der Waals surface area contributed by atoms with Crippen LogP contribution in [0.5, 0.6) is 0 Å². The molecule has 0 aromatic carbocycles. The Morgan fingerprint density at radius 3 is 2.46 bits per heavy atom. The molecule has 0 saturated heterocycles. The molecule has 2 aliphatic carbocycles. The van der Waals surface area contributed by atoms with E-state index in [4.69, 9.17) is 4.52 Å². The minimum atomic E-state index is -0.457. The van der Waals surface area contributed by atoms with Gasteiger partial charge in [-0.1, -0.05) is 49.9 Å².